The smallest absolute Gasteiger partial charge is 0.234 e. The van der Waals surface area contributed by atoms with Crippen LogP contribution in [0.2, 0.25) is 0 Å². The highest BCUT2D eigenvalue weighted by Gasteiger charge is 2.14. The normalized spacial score (nSPS) is 11.5. The van der Waals surface area contributed by atoms with Gasteiger partial charge in [-0.3, -0.25) is 0 Å². The molecule has 0 saturated heterocycles. The Morgan fingerprint density at radius 1 is 0.459 bits per heavy atom. The van der Waals surface area contributed by atoms with Crippen LogP contribution in [0.4, 0.5) is 0 Å². The lowest BCUT2D eigenvalue weighted by Gasteiger charge is -2.05. The third-order valence-electron chi connectivity index (χ3n) is 8.41. The van der Waals surface area contributed by atoms with Crippen LogP contribution >= 0.6 is 0 Å². The second-order valence-electron chi connectivity index (χ2n) is 11.9. The molecule has 1 rings (SSSR count). The van der Waals surface area contributed by atoms with Crippen molar-refractivity contribution in [3.8, 4) is 0 Å². The molecule has 1 aromatic heterocycles. The molecule has 218 valence electrons. The third kappa shape index (κ3) is 19.9. The molecule has 1 aromatic rings. The Bertz CT molecular complexity index is 528. The molecule has 0 spiro atoms. The Balaban J connectivity index is 1.97. The maximum atomic E-state index is 2.54. The molecule has 1 heterocycles. The van der Waals surface area contributed by atoms with E-state index in [0.717, 1.165) is 6.42 Å². The van der Waals surface area contributed by atoms with Crippen LogP contribution in [-0.4, -0.2) is 4.57 Å². The number of nitrogens with zero attached hydrogens (tertiary/aromatic N) is 2. The number of unbranched alkanes of at least 4 members (excludes halogenated alkanes) is 24. The molecule has 0 N–H and O–H groups in total. The van der Waals surface area contributed by atoms with E-state index in [1.807, 2.05) is 0 Å². The molecule has 0 saturated carbocycles. The van der Waals surface area contributed by atoms with E-state index in [4.69, 9.17) is 0 Å². The van der Waals surface area contributed by atoms with E-state index in [1.165, 1.54) is 186 Å². The van der Waals surface area contributed by atoms with Gasteiger partial charge in [0.05, 0.1) is 13.1 Å². The molecule has 0 fully saturated rings. The highest BCUT2D eigenvalue weighted by atomic mass is 15.1. The highest BCUT2D eigenvalue weighted by molar-refractivity contribution is 4.83. The summed E-state index contributed by atoms with van der Waals surface area (Å²) >= 11 is 0. The fourth-order valence-corrected chi connectivity index (χ4v) is 5.91. The minimum atomic E-state index is 1.16. The van der Waals surface area contributed by atoms with Crippen molar-refractivity contribution in [2.75, 3.05) is 0 Å². The summed E-state index contributed by atoms with van der Waals surface area (Å²) in [6, 6.07) is 0. The third-order valence-corrected chi connectivity index (χ3v) is 8.41. The Morgan fingerprint density at radius 2 is 0.811 bits per heavy atom. The summed E-state index contributed by atoms with van der Waals surface area (Å²) in [6.07, 6.45) is 43.2. The standard InChI is InChI=1S/C35H69N2/c1-4-7-9-11-13-15-17-19-21-23-25-27-29-31-36-33-34-37(35(36)6-3)32-30-28-26-24-22-20-18-16-14-12-10-8-5-2/h33-34H,4-32H2,1-3H3/q+1. The molecule has 0 radical (unpaired) electrons. The van der Waals surface area contributed by atoms with E-state index in [-0.39, 0.29) is 0 Å². The molecule has 2 nitrogen and oxygen atoms in total. The fraction of sp³-hybridized carbons (Fsp3) is 0.914. The molecule has 0 amide bonds. The van der Waals surface area contributed by atoms with E-state index in [0.29, 0.717) is 0 Å². The lowest BCUT2D eigenvalue weighted by atomic mass is 10.0. The lowest BCUT2D eigenvalue weighted by Crippen LogP contribution is -2.37. The van der Waals surface area contributed by atoms with Crippen molar-refractivity contribution < 1.29 is 4.57 Å². The molecule has 2 heteroatoms. The fourth-order valence-electron chi connectivity index (χ4n) is 5.91. The molecular formula is C35H69N2+. The van der Waals surface area contributed by atoms with Gasteiger partial charge in [-0.2, -0.15) is 0 Å². The molecule has 0 atom stereocenters. The Kier molecular flexibility index (Phi) is 24.8. The maximum Gasteiger partial charge on any atom is 0.256 e. The Labute approximate surface area is 234 Å². The van der Waals surface area contributed by atoms with Gasteiger partial charge in [0.15, 0.2) is 0 Å². The van der Waals surface area contributed by atoms with Gasteiger partial charge in [-0.25, -0.2) is 9.13 Å². The van der Waals surface area contributed by atoms with Gasteiger partial charge in [0.25, 0.3) is 5.82 Å². The van der Waals surface area contributed by atoms with Crippen molar-refractivity contribution in [3.05, 3.63) is 18.2 Å². The van der Waals surface area contributed by atoms with E-state index in [2.05, 4.69) is 42.3 Å². The zero-order valence-electron chi connectivity index (χ0n) is 26.1. The molecule has 0 aromatic carbocycles. The number of imidazole rings is 1. The van der Waals surface area contributed by atoms with Gasteiger partial charge in [0.1, 0.15) is 12.4 Å². The van der Waals surface area contributed by atoms with Crippen LogP contribution in [0.1, 0.15) is 194 Å². The van der Waals surface area contributed by atoms with E-state index < -0.39 is 0 Å². The van der Waals surface area contributed by atoms with Crippen molar-refractivity contribution in [1.29, 1.82) is 0 Å². The van der Waals surface area contributed by atoms with E-state index in [9.17, 15) is 0 Å². The van der Waals surface area contributed by atoms with Crippen molar-refractivity contribution >= 4 is 0 Å². The number of aryl methyl sites for hydroxylation is 2. The maximum absolute atomic E-state index is 2.54. The number of hydrogen-bond acceptors (Lipinski definition) is 0. The van der Waals surface area contributed by atoms with Crippen molar-refractivity contribution in [3.63, 3.8) is 0 Å². The zero-order chi connectivity index (χ0) is 26.7. The minimum Gasteiger partial charge on any atom is -0.234 e. The van der Waals surface area contributed by atoms with E-state index in [1.54, 1.807) is 0 Å². The molecule has 37 heavy (non-hydrogen) atoms. The SMILES string of the molecule is CCCCCCCCCCCCCCCn1cc[n+](CCCCCCCCCCCCCCC)c1CC. The Hall–Kier alpha value is -0.790. The van der Waals surface area contributed by atoms with Gasteiger partial charge in [0.2, 0.25) is 0 Å². The lowest BCUT2D eigenvalue weighted by molar-refractivity contribution is -0.704. The van der Waals surface area contributed by atoms with Gasteiger partial charge >= 0.3 is 0 Å². The predicted octanol–water partition coefficient (Wildman–Crippen LogP) is 11.5. The van der Waals surface area contributed by atoms with Crippen LogP contribution in [0.3, 0.4) is 0 Å². The van der Waals surface area contributed by atoms with Crippen LogP contribution in [-0.2, 0) is 19.5 Å². The second-order valence-corrected chi connectivity index (χ2v) is 11.9. The topological polar surface area (TPSA) is 8.81 Å². The number of aromatic nitrogens is 2. The molecule has 0 unspecified atom stereocenters. The first-order valence-electron chi connectivity index (χ1n) is 17.4. The first-order valence-corrected chi connectivity index (χ1v) is 17.4. The average molecular weight is 518 g/mol. The number of hydrogen-bond donors (Lipinski definition) is 0. The summed E-state index contributed by atoms with van der Waals surface area (Å²) in [7, 11) is 0. The average Bonchev–Trinajstić information content (AvgIpc) is 3.31. The van der Waals surface area contributed by atoms with Crippen LogP contribution in [0.25, 0.3) is 0 Å². The molecule has 0 bridgehead atoms. The van der Waals surface area contributed by atoms with E-state index >= 15 is 0 Å². The minimum absolute atomic E-state index is 1.16. The van der Waals surface area contributed by atoms with Crippen LogP contribution in [0.15, 0.2) is 12.4 Å². The summed E-state index contributed by atoms with van der Waals surface area (Å²) in [6.45, 7) is 9.37. The van der Waals surface area contributed by atoms with Gasteiger partial charge in [-0.15, -0.1) is 0 Å². The first kappa shape index (κ1) is 34.2. The summed E-state index contributed by atoms with van der Waals surface area (Å²) in [4.78, 5) is 0. The summed E-state index contributed by atoms with van der Waals surface area (Å²) in [5, 5.41) is 0. The Morgan fingerprint density at radius 3 is 1.19 bits per heavy atom. The van der Waals surface area contributed by atoms with Gasteiger partial charge < -0.3 is 0 Å². The summed E-state index contributed by atoms with van der Waals surface area (Å²) < 4.78 is 5.08. The second kappa shape index (κ2) is 26.8. The van der Waals surface area contributed by atoms with Gasteiger partial charge in [-0.1, -0.05) is 162 Å². The van der Waals surface area contributed by atoms with Crippen molar-refractivity contribution in [2.24, 2.45) is 0 Å². The first-order chi connectivity index (χ1) is 18.3. The largest absolute Gasteiger partial charge is 0.256 e. The van der Waals surface area contributed by atoms with Crippen LogP contribution in [0.5, 0.6) is 0 Å². The molecule has 0 aliphatic rings. The monoisotopic (exact) mass is 518 g/mol. The van der Waals surface area contributed by atoms with Gasteiger partial charge in [0, 0.05) is 6.42 Å². The number of rotatable bonds is 29. The van der Waals surface area contributed by atoms with Gasteiger partial charge in [-0.05, 0) is 25.7 Å². The highest BCUT2D eigenvalue weighted by Crippen LogP contribution is 2.14. The molecular weight excluding hydrogens is 448 g/mol. The predicted molar refractivity (Wildman–Crippen MR) is 165 cm³/mol. The summed E-state index contributed by atoms with van der Waals surface area (Å²) in [5.74, 6) is 1.54. The van der Waals surface area contributed by atoms with Crippen LogP contribution in [0, 0.1) is 0 Å². The zero-order valence-corrected chi connectivity index (χ0v) is 26.1. The van der Waals surface area contributed by atoms with Crippen LogP contribution < -0.4 is 4.57 Å². The molecule has 0 aliphatic heterocycles. The summed E-state index contributed by atoms with van der Waals surface area (Å²) in [5.41, 5.74) is 0. The van der Waals surface area contributed by atoms with Crippen molar-refractivity contribution in [1.82, 2.24) is 4.57 Å². The molecule has 0 aliphatic carbocycles. The van der Waals surface area contributed by atoms with Crippen molar-refractivity contribution in [2.45, 2.75) is 207 Å². The quantitative estimate of drug-likeness (QED) is 0.0737.